The number of rotatable bonds is 2. The molecular formula is C5H6Br2F4O2. The van der Waals surface area contributed by atoms with Gasteiger partial charge in [-0.15, -0.1) is 0 Å². The highest BCUT2D eigenvalue weighted by molar-refractivity contribution is 9.10. The van der Waals surface area contributed by atoms with Crippen molar-refractivity contribution in [2.24, 2.45) is 0 Å². The summed E-state index contributed by atoms with van der Waals surface area (Å²) in [6, 6.07) is 0. The van der Waals surface area contributed by atoms with Crippen molar-refractivity contribution in [2.45, 2.75) is 16.6 Å². The van der Waals surface area contributed by atoms with E-state index in [0.29, 0.717) is 0 Å². The van der Waals surface area contributed by atoms with E-state index in [1.54, 1.807) is 0 Å². The van der Waals surface area contributed by atoms with Crippen LogP contribution in [0.2, 0.25) is 0 Å². The van der Waals surface area contributed by atoms with E-state index in [0.717, 1.165) is 6.92 Å². The second-order valence-electron chi connectivity index (χ2n) is 1.83. The van der Waals surface area contributed by atoms with Crippen LogP contribution in [0, 0.1) is 0 Å². The highest BCUT2D eigenvalue weighted by atomic mass is 79.9. The molecule has 0 unspecified atom stereocenters. The van der Waals surface area contributed by atoms with Crippen molar-refractivity contribution in [1.29, 1.82) is 0 Å². The second-order valence-corrected chi connectivity index (χ2v) is 3.98. The molecule has 0 amide bonds. The topological polar surface area (TPSA) is 37.3 Å². The molecule has 0 atom stereocenters. The lowest BCUT2D eigenvalue weighted by Crippen LogP contribution is -2.15. The van der Waals surface area contributed by atoms with E-state index in [9.17, 15) is 22.4 Å². The van der Waals surface area contributed by atoms with Gasteiger partial charge in [0.15, 0.2) is 0 Å². The van der Waals surface area contributed by atoms with Gasteiger partial charge in [-0.1, -0.05) is 0 Å². The SMILES string of the molecule is CC(=O)C(F)(F)Br.OCC(F)(F)Br. The summed E-state index contributed by atoms with van der Waals surface area (Å²) < 4.78 is 45.1. The molecule has 0 aliphatic heterocycles. The van der Waals surface area contributed by atoms with E-state index in [2.05, 4.69) is 0 Å². The zero-order valence-corrected chi connectivity index (χ0v) is 9.50. The largest absolute Gasteiger partial charge is 0.389 e. The molecule has 0 saturated heterocycles. The first-order chi connectivity index (χ1) is 5.50. The van der Waals surface area contributed by atoms with Gasteiger partial charge in [-0.05, 0) is 31.9 Å². The first-order valence-electron chi connectivity index (χ1n) is 2.76. The number of carbonyl (C=O) groups is 1. The number of aliphatic hydroxyl groups is 1. The number of hydrogen-bond donors (Lipinski definition) is 1. The fraction of sp³-hybridized carbons (Fsp3) is 0.800. The predicted octanol–water partition coefficient (Wildman–Crippen LogP) is 2.53. The van der Waals surface area contributed by atoms with Crippen LogP contribution in [0.4, 0.5) is 17.6 Å². The van der Waals surface area contributed by atoms with Crippen molar-refractivity contribution in [1.82, 2.24) is 0 Å². The summed E-state index contributed by atoms with van der Waals surface area (Å²) >= 11 is 3.75. The first kappa shape index (κ1) is 15.8. The molecule has 0 aliphatic carbocycles. The highest BCUT2D eigenvalue weighted by Crippen LogP contribution is 2.21. The molecule has 0 radical (unpaired) electrons. The van der Waals surface area contributed by atoms with E-state index in [-0.39, 0.29) is 0 Å². The Morgan fingerprint density at radius 1 is 1.31 bits per heavy atom. The molecule has 1 N–H and O–H groups in total. The summed E-state index contributed by atoms with van der Waals surface area (Å²) in [4.78, 5) is 3.25. The molecule has 0 fully saturated rings. The van der Waals surface area contributed by atoms with Crippen molar-refractivity contribution >= 4 is 37.6 Å². The van der Waals surface area contributed by atoms with E-state index >= 15 is 0 Å². The number of Topliss-reactive ketones (excluding diaryl/α,β-unsaturated/α-hetero) is 1. The third-order valence-electron chi connectivity index (χ3n) is 0.578. The van der Waals surface area contributed by atoms with Gasteiger partial charge in [-0.2, -0.15) is 17.6 Å². The zero-order valence-electron chi connectivity index (χ0n) is 6.33. The molecular weight excluding hydrogens is 328 g/mol. The molecule has 0 aromatic heterocycles. The molecule has 0 spiro atoms. The monoisotopic (exact) mass is 332 g/mol. The lowest BCUT2D eigenvalue weighted by molar-refractivity contribution is -0.129. The molecule has 0 bridgehead atoms. The molecule has 0 aromatic carbocycles. The summed E-state index contributed by atoms with van der Waals surface area (Å²) in [5, 5.41) is 7.61. The van der Waals surface area contributed by atoms with Crippen LogP contribution >= 0.6 is 31.9 Å². The Balaban J connectivity index is 0. The third-order valence-corrected chi connectivity index (χ3v) is 1.39. The normalized spacial score (nSPS) is 11.7. The maximum absolute atomic E-state index is 11.4. The first-order valence-corrected chi connectivity index (χ1v) is 4.34. The number of ketones is 1. The molecule has 0 saturated carbocycles. The van der Waals surface area contributed by atoms with Gasteiger partial charge >= 0.3 is 9.66 Å². The summed E-state index contributed by atoms with van der Waals surface area (Å²) in [5.41, 5.74) is 0. The number of halogens is 6. The number of aliphatic hydroxyl groups excluding tert-OH is 1. The Labute approximate surface area is 88.6 Å². The third kappa shape index (κ3) is 15.1. The van der Waals surface area contributed by atoms with Crippen LogP contribution in [0.5, 0.6) is 0 Å². The Morgan fingerprint density at radius 3 is 1.46 bits per heavy atom. The minimum atomic E-state index is -3.33. The number of carbonyl (C=O) groups excluding carboxylic acids is 1. The van der Waals surface area contributed by atoms with Crippen molar-refractivity contribution < 1.29 is 27.5 Å². The summed E-state index contributed by atoms with van der Waals surface area (Å²) in [7, 11) is 0. The summed E-state index contributed by atoms with van der Waals surface area (Å²) in [6.45, 7) is -0.332. The van der Waals surface area contributed by atoms with E-state index in [4.69, 9.17) is 5.11 Å². The molecule has 0 aliphatic rings. The van der Waals surface area contributed by atoms with Crippen LogP contribution in [0.3, 0.4) is 0 Å². The zero-order chi connectivity index (χ0) is 11.3. The van der Waals surface area contributed by atoms with Crippen molar-refractivity contribution in [3.05, 3.63) is 0 Å². The predicted molar refractivity (Wildman–Crippen MR) is 45.5 cm³/mol. The van der Waals surface area contributed by atoms with Crippen LogP contribution < -0.4 is 0 Å². The fourth-order valence-electron chi connectivity index (χ4n) is 0. The van der Waals surface area contributed by atoms with E-state index in [1.807, 2.05) is 31.9 Å². The van der Waals surface area contributed by atoms with Gasteiger partial charge < -0.3 is 5.11 Å². The maximum Gasteiger partial charge on any atom is 0.358 e. The van der Waals surface area contributed by atoms with Gasteiger partial charge in [0, 0.05) is 6.92 Å². The minimum Gasteiger partial charge on any atom is -0.389 e. The van der Waals surface area contributed by atoms with Gasteiger partial charge in [-0.25, -0.2) is 0 Å². The lowest BCUT2D eigenvalue weighted by Gasteiger charge is -1.98. The van der Waals surface area contributed by atoms with Crippen LogP contribution in [0.15, 0.2) is 0 Å². The number of alkyl halides is 6. The molecule has 2 nitrogen and oxygen atoms in total. The van der Waals surface area contributed by atoms with Crippen molar-refractivity contribution in [3.8, 4) is 0 Å². The molecule has 0 heterocycles. The highest BCUT2D eigenvalue weighted by Gasteiger charge is 2.29. The fourth-order valence-corrected chi connectivity index (χ4v) is 0. The average molecular weight is 334 g/mol. The van der Waals surface area contributed by atoms with E-state index < -0.39 is 22.1 Å². The Bertz CT molecular complexity index is 163. The standard InChI is InChI=1S/C3H3BrF2O.C2H3BrF2O/c1-2(7)3(4,5)6;3-2(4,5)1-6/h1H3;6H,1H2. The van der Waals surface area contributed by atoms with Gasteiger partial charge in [0.1, 0.15) is 6.61 Å². The smallest absolute Gasteiger partial charge is 0.358 e. The minimum absolute atomic E-state index is 0.814. The molecule has 0 rings (SSSR count). The van der Waals surface area contributed by atoms with Crippen LogP contribution in [0.1, 0.15) is 6.92 Å². The molecule has 8 heteroatoms. The van der Waals surface area contributed by atoms with Gasteiger partial charge in [0.2, 0.25) is 5.78 Å². The van der Waals surface area contributed by atoms with Crippen LogP contribution in [0.25, 0.3) is 0 Å². The van der Waals surface area contributed by atoms with Crippen molar-refractivity contribution in [2.75, 3.05) is 6.61 Å². The molecule has 13 heavy (non-hydrogen) atoms. The van der Waals surface area contributed by atoms with E-state index in [1.165, 1.54) is 0 Å². The van der Waals surface area contributed by atoms with Gasteiger partial charge in [0.05, 0.1) is 0 Å². The Hall–Kier alpha value is 0.310. The quantitative estimate of drug-likeness (QED) is 0.623. The summed E-state index contributed by atoms with van der Waals surface area (Å²) in [6.07, 6.45) is 0. The lowest BCUT2D eigenvalue weighted by atomic mass is 10.5. The van der Waals surface area contributed by atoms with Gasteiger partial charge in [0.25, 0.3) is 0 Å². The van der Waals surface area contributed by atoms with Crippen LogP contribution in [-0.2, 0) is 4.79 Å². The van der Waals surface area contributed by atoms with Gasteiger partial charge in [-0.3, -0.25) is 4.79 Å². The average Bonchev–Trinajstić information content (AvgIpc) is 1.85. The second kappa shape index (κ2) is 5.92. The van der Waals surface area contributed by atoms with Crippen LogP contribution in [-0.4, -0.2) is 27.2 Å². The molecule has 0 aromatic rings. The maximum atomic E-state index is 11.4. The Morgan fingerprint density at radius 2 is 1.46 bits per heavy atom. The Kier molecular flexibility index (Phi) is 7.18. The summed E-state index contributed by atoms with van der Waals surface area (Å²) in [5.74, 6) is -1.17. The molecule has 80 valence electrons. The van der Waals surface area contributed by atoms with Crippen molar-refractivity contribution in [3.63, 3.8) is 0 Å². The number of hydrogen-bond acceptors (Lipinski definition) is 2.